The van der Waals surface area contributed by atoms with Crippen LogP contribution >= 0.6 is 23.2 Å². The van der Waals surface area contributed by atoms with Crippen molar-refractivity contribution < 1.29 is 14.3 Å². The molecule has 6 nitrogen and oxygen atoms in total. The highest BCUT2D eigenvalue weighted by Gasteiger charge is 2.09. The summed E-state index contributed by atoms with van der Waals surface area (Å²) < 4.78 is 5.76. The number of hydrogen-bond donors (Lipinski definition) is 2. The molecule has 3 rings (SSSR count). The molecule has 0 aliphatic rings. The molecule has 0 aliphatic carbocycles. The molecule has 2 N–H and O–H groups in total. The van der Waals surface area contributed by atoms with Crippen LogP contribution in [0.1, 0.15) is 27.0 Å². The van der Waals surface area contributed by atoms with Crippen LogP contribution in [0.2, 0.25) is 10.0 Å². The van der Waals surface area contributed by atoms with Crippen LogP contribution in [0.3, 0.4) is 0 Å². The second kappa shape index (κ2) is 11.3. The Hall–Kier alpha value is -3.35. The standard InChI is InChI=1S/C24H21Cl2N3O3/c1-16-2-4-18(5-3-16)15-32-20-9-6-17(7-10-20)13-28-29-23(30)14-27-24(31)19-8-11-21(25)22(26)12-19/h2-13H,14-15H2,1H3,(H,27,31)(H,29,30). The van der Waals surface area contributed by atoms with E-state index in [9.17, 15) is 9.59 Å². The molecular formula is C24H21Cl2N3O3. The number of halogens is 2. The van der Waals surface area contributed by atoms with Crippen LogP contribution in [0, 0.1) is 6.92 Å². The molecule has 0 saturated carbocycles. The van der Waals surface area contributed by atoms with Gasteiger partial charge in [0, 0.05) is 5.56 Å². The third-order valence-corrected chi connectivity index (χ3v) is 5.14. The number of hydrogen-bond acceptors (Lipinski definition) is 4. The second-order valence-corrected chi connectivity index (χ2v) is 7.76. The third kappa shape index (κ3) is 7.11. The summed E-state index contributed by atoms with van der Waals surface area (Å²) in [5.41, 5.74) is 5.75. The number of amides is 2. The molecule has 32 heavy (non-hydrogen) atoms. The Morgan fingerprint density at radius 2 is 1.69 bits per heavy atom. The lowest BCUT2D eigenvalue weighted by atomic mass is 10.2. The number of carbonyl (C=O) groups excluding carboxylic acids is 2. The minimum absolute atomic E-state index is 0.234. The lowest BCUT2D eigenvalue weighted by Crippen LogP contribution is -2.34. The van der Waals surface area contributed by atoms with Gasteiger partial charge in [0.15, 0.2) is 0 Å². The quantitative estimate of drug-likeness (QED) is 0.368. The SMILES string of the molecule is Cc1ccc(COc2ccc(C=NNC(=O)CNC(=O)c3ccc(Cl)c(Cl)c3)cc2)cc1. The van der Waals surface area contributed by atoms with E-state index in [2.05, 4.69) is 15.8 Å². The number of aryl methyl sites for hydroxylation is 1. The molecule has 0 heterocycles. The molecule has 0 atom stereocenters. The van der Waals surface area contributed by atoms with E-state index in [1.807, 2.05) is 55.5 Å². The Balaban J connectivity index is 1.41. The fourth-order valence-electron chi connectivity index (χ4n) is 2.62. The maximum atomic E-state index is 12.1. The van der Waals surface area contributed by atoms with E-state index in [1.54, 1.807) is 0 Å². The maximum absolute atomic E-state index is 12.1. The summed E-state index contributed by atoms with van der Waals surface area (Å²) in [6, 6.07) is 19.9. The third-order valence-electron chi connectivity index (χ3n) is 4.40. The van der Waals surface area contributed by atoms with Gasteiger partial charge in [0.05, 0.1) is 22.8 Å². The van der Waals surface area contributed by atoms with Gasteiger partial charge in [-0.3, -0.25) is 9.59 Å². The molecular weight excluding hydrogens is 449 g/mol. The van der Waals surface area contributed by atoms with Gasteiger partial charge in [-0.2, -0.15) is 5.10 Å². The summed E-state index contributed by atoms with van der Waals surface area (Å²) in [5.74, 6) is -0.173. The molecule has 0 spiro atoms. The van der Waals surface area contributed by atoms with Crippen molar-refractivity contribution >= 4 is 41.2 Å². The van der Waals surface area contributed by atoms with E-state index in [0.717, 1.165) is 16.9 Å². The van der Waals surface area contributed by atoms with Crippen molar-refractivity contribution in [3.05, 3.63) is 99.0 Å². The molecule has 0 unspecified atom stereocenters. The van der Waals surface area contributed by atoms with Crippen LogP contribution < -0.4 is 15.5 Å². The van der Waals surface area contributed by atoms with Gasteiger partial charge in [0.2, 0.25) is 0 Å². The Morgan fingerprint density at radius 3 is 2.38 bits per heavy atom. The van der Waals surface area contributed by atoms with Crippen LogP contribution in [-0.2, 0) is 11.4 Å². The fraction of sp³-hybridized carbons (Fsp3) is 0.125. The van der Waals surface area contributed by atoms with Gasteiger partial charge in [-0.1, -0.05) is 53.0 Å². The monoisotopic (exact) mass is 469 g/mol. The van der Waals surface area contributed by atoms with Crippen LogP contribution in [0.15, 0.2) is 71.8 Å². The first-order chi connectivity index (χ1) is 15.4. The lowest BCUT2D eigenvalue weighted by Gasteiger charge is -2.07. The van der Waals surface area contributed by atoms with Gasteiger partial charge in [-0.25, -0.2) is 5.43 Å². The number of nitrogens with one attached hydrogen (secondary N) is 2. The van der Waals surface area contributed by atoms with Gasteiger partial charge in [-0.05, 0) is 60.5 Å². The smallest absolute Gasteiger partial charge is 0.259 e. The largest absolute Gasteiger partial charge is 0.489 e. The summed E-state index contributed by atoms with van der Waals surface area (Å²) >= 11 is 11.7. The summed E-state index contributed by atoms with van der Waals surface area (Å²) in [4.78, 5) is 23.9. The Labute approximate surface area is 196 Å². The van der Waals surface area contributed by atoms with Gasteiger partial charge < -0.3 is 10.1 Å². The second-order valence-electron chi connectivity index (χ2n) is 6.95. The zero-order valence-electron chi connectivity index (χ0n) is 17.3. The molecule has 3 aromatic rings. The van der Waals surface area contributed by atoms with Gasteiger partial charge in [0.25, 0.3) is 11.8 Å². The molecule has 0 aromatic heterocycles. The van der Waals surface area contributed by atoms with Crippen LogP contribution in [-0.4, -0.2) is 24.6 Å². The molecule has 0 radical (unpaired) electrons. The van der Waals surface area contributed by atoms with Crippen molar-refractivity contribution in [1.82, 2.24) is 10.7 Å². The average Bonchev–Trinajstić information content (AvgIpc) is 2.80. The summed E-state index contributed by atoms with van der Waals surface area (Å²) in [6.45, 7) is 2.29. The van der Waals surface area contributed by atoms with Crippen molar-refractivity contribution in [2.75, 3.05) is 6.54 Å². The highest BCUT2D eigenvalue weighted by Crippen LogP contribution is 2.22. The first-order valence-electron chi connectivity index (χ1n) is 9.74. The number of carbonyl (C=O) groups is 2. The number of rotatable bonds is 8. The van der Waals surface area contributed by atoms with E-state index in [-0.39, 0.29) is 11.6 Å². The van der Waals surface area contributed by atoms with Crippen molar-refractivity contribution in [1.29, 1.82) is 0 Å². The van der Waals surface area contributed by atoms with E-state index in [1.165, 1.54) is 30.0 Å². The summed E-state index contributed by atoms with van der Waals surface area (Å²) in [7, 11) is 0. The van der Waals surface area contributed by atoms with Crippen molar-refractivity contribution in [2.24, 2.45) is 5.10 Å². The van der Waals surface area contributed by atoms with E-state index < -0.39 is 11.8 Å². The zero-order valence-corrected chi connectivity index (χ0v) is 18.8. The van der Waals surface area contributed by atoms with Gasteiger partial charge in [0.1, 0.15) is 12.4 Å². The number of benzene rings is 3. The van der Waals surface area contributed by atoms with Crippen molar-refractivity contribution in [2.45, 2.75) is 13.5 Å². The topological polar surface area (TPSA) is 79.8 Å². The van der Waals surface area contributed by atoms with E-state index in [0.29, 0.717) is 17.2 Å². The minimum Gasteiger partial charge on any atom is -0.489 e. The summed E-state index contributed by atoms with van der Waals surface area (Å²) in [6.07, 6.45) is 1.50. The first kappa shape index (κ1) is 23.3. The Bertz CT molecular complexity index is 1110. The zero-order chi connectivity index (χ0) is 22.9. The first-order valence-corrected chi connectivity index (χ1v) is 10.5. The Kier molecular flexibility index (Phi) is 8.25. The summed E-state index contributed by atoms with van der Waals surface area (Å²) in [5, 5.41) is 7.00. The highest BCUT2D eigenvalue weighted by molar-refractivity contribution is 6.42. The Morgan fingerprint density at radius 1 is 0.969 bits per heavy atom. The highest BCUT2D eigenvalue weighted by atomic mass is 35.5. The van der Waals surface area contributed by atoms with E-state index >= 15 is 0 Å². The normalized spacial score (nSPS) is 10.7. The predicted octanol–water partition coefficient (Wildman–Crippen LogP) is 4.76. The molecule has 2 amide bonds. The molecule has 0 saturated heterocycles. The van der Waals surface area contributed by atoms with Crippen LogP contribution in [0.5, 0.6) is 5.75 Å². The van der Waals surface area contributed by atoms with Gasteiger partial charge >= 0.3 is 0 Å². The van der Waals surface area contributed by atoms with Crippen molar-refractivity contribution in [3.63, 3.8) is 0 Å². The molecule has 164 valence electrons. The molecule has 0 aliphatic heterocycles. The molecule has 0 fully saturated rings. The maximum Gasteiger partial charge on any atom is 0.259 e. The molecule has 3 aromatic carbocycles. The average molecular weight is 470 g/mol. The minimum atomic E-state index is -0.465. The van der Waals surface area contributed by atoms with Crippen molar-refractivity contribution in [3.8, 4) is 5.75 Å². The lowest BCUT2D eigenvalue weighted by molar-refractivity contribution is -0.120. The molecule has 0 bridgehead atoms. The molecule has 8 heteroatoms. The van der Waals surface area contributed by atoms with Crippen LogP contribution in [0.4, 0.5) is 0 Å². The fourth-order valence-corrected chi connectivity index (χ4v) is 2.92. The van der Waals surface area contributed by atoms with Gasteiger partial charge in [-0.15, -0.1) is 0 Å². The number of ether oxygens (including phenoxy) is 1. The van der Waals surface area contributed by atoms with Crippen LogP contribution in [0.25, 0.3) is 0 Å². The van der Waals surface area contributed by atoms with E-state index in [4.69, 9.17) is 27.9 Å². The number of hydrazone groups is 1. The predicted molar refractivity (Wildman–Crippen MR) is 126 cm³/mol. The number of nitrogens with zero attached hydrogens (tertiary/aromatic N) is 1.